The van der Waals surface area contributed by atoms with Crippen molar-refractivity contribution in [3.05, 3.63) is 71.0 Å². The van der Waals surface area contributed by atoms with Crippen molar-refractivity contribution in [3.8, 4) is 0 Å². The van der Waals surface area contributed by atoms with Gasteiger partial charge in [-0.15, -0.1) is 0 Å². The van der Waals surface area contributed by atoms with E-state index in [1.807, 2.05) is 32.0 Å². The minimum atomic E-state index is -4.69. The maximum absolute atomic E-state index is 13.0. The standard InChI is InChI=1S/C20H18F3N3OS/c1-12-4-5-13(2)17(10-12)28-15-8-6-14(7-9-15)24-19(27)16-11-26(3)25-18(16)20(21,22)23/h4-11H,1-3H3,(H,24,27). The summed E-state index contributed by atoms with van der Waals surface area (Å²) in [7, 11) is 1.34. The van der Waals surface area contributed by atoms with Crippen molar-refractivity contribution < 1.29 is 18.0 Å². The highest BCUT2D eigenvalue weighted by molar-refractivity contribution is 7.99. The predicted octanol–water partition coefficient (Wildman–Crippen LogP) is 5.46. The fourth-order valence-corrected chi connectivity index (χ4v) is 3.61. The van der Waals surface area contributed by atoms with Crippen molar-refractivity contribution in [3.63, 3.8) is 0 Å². The van der Waals surface area contributed by atoms with E-state index >= 15 is 0 Å². The van der Waals surface area contributed by atoms with Crippen molar-refractivity contribution in [2.45, 2.75) is 29.8 Å². The third-order valence-electron chi connectivity index (χ3n) is 4.03. The molecule has 0 fully saturated rings. The number of carbonyl (C=O) groups is 1. The van der Waals surface area contributed by atoms with E-state index in [0.717, 1.165) is 31.8 Å². The Morgan fingerprint density at radius 2 is 1.79 bits per heavy atom. The molecule has 4 nitrogen and oxygen atoms in total. The van der Waals surface area contributed by atoms with Crippen LogP contribution in [0.1, 0.15) is 27.2 Å². The van der Waals surface area contributed by atoms with Crippen LogP contribution in [-0.2, 0) is 13.2 Å². The molecule has 0 spiro atoms. The summed E-state index contributed by atoms with van der Waals surface area (Å²) in [5.41, 5.74) is 1.02. The predicted molar refractivity (Wildman–Crippen MR) is 103 cm³/mol. The van der Waals surface area contributed by atoms with E-state index in [-0.39, 0.29) is 0 Å². The molecule has 0 radical (unpaired) electrons. The molecule has 28 heavy (non-hydrogen) atoms. The van der Waals surface area contributed by atoms with Crippen molar-refractivity contribution in [1.29, 1.82) is 0 Å². The minimum absolute atomic E-state index is 0.410. The van der Waals surface area contributed by atoms with E-state index in [2.05, 4.69) is 22.5 Å². The van der Waals surface area contributed by atoms with Crippen LogP contribution < -0.4 is 5.32 Å². The number of amides is 1. The highest BCUT2D eigenvalue weighted by atomic mass is 32.2. The van der Waals surface area contributed by atoms with Gasteiger partial charge in [-0.25, -0.2) is 0 Å². The molecule has 1 N–H and O–H groups in total. The molecule has 146 valence electrons. The highest BCUT2D eigenvalue weighted by Gasteiger charge is 2.39. The lowest BCUT2D eigenvalue weighted by molar-refractivity contribution is -0.141. The molecule has 3 aromatic rings. The Bertz CT molecular complexity index is 1010. The molecular formula is C20H18F3N3OS. The molecule has 8 heteroatoms. The monoisotopic (exact) mass is 405 g/mol. The second-order valence-electron chi connectivity index (χ2n) is 6.41. The third-order valence-corrected chi connectivity index (χ3v) is 5.19. The first kappa shape index (κ1) is 20.0. The van der Waals surface area contributed by atoms with Gasteiger partial charge in [-0.1, -0.05) is 23.9 Å². The van der Waals surface area contributed by atoms with Crippen LogP contribution in [0.3, 0.4) is 0 Å². The molecule has 3 rings (SSSR count). The van der Waals surface area contributed by atoms with E-state index in [1.54, 1.807) is 23.9 Å². The summed E-state index contributed by atoms with van der Waals surface area (Å²) in [5.74, 6) is -0.852. The smallest absolute Gasteiger partial charge is 0.322 e. The van der Waals surface area contributed by atoms with Gasteiger partial charge in [0, 0.05) is 28.7 Å². The van der Waals surface area contributed by atoms with Gasteiger partial charge in [-0.3, -0.25) is 9.48 Å². The van der Waals surface area contributed by atoms with Crippen LogP contribution in [0.4, 0.5) is 18.9 Å². The second kappa shape index (κ2) is 7.71. The Labute approximate surface area is 164 Å². The quantitative estimate of drug-likeness (QED) is 0.627. The van der Waals surface area contributed by atoms with E-state index in [4.69, 9.17) is 0 Å². The third kappa shape index (κ3) is 4.56. The van der Waals surface area contributed by atoms with Crippen molar-refractivity contribution >= 4 is 23.4 Å². The number of benzene rings is 2. The highest BCUT2D eigenvalue weighted by Crippen LogP contribution is 2.33. The maximum atomic E-state index is 13.0. The summed E-state index contributed by atoms with van der Waals surface area (Å²) in [6.45, 7) is 4.05. The SMILES string of the molecule is Cc1ccc(C)c(Sc2ccc(NC(=O)c3cn(C)nc3C(F)(F)F)cc2)c1. The van der Waals surface area contributed by atoms with Gasteiger partial charge < -0.3 is 5.32 Å². The van der Waals surface area contributed by atoms with E-state index in [0.29, 0.717) is 5.69 Å². The first-order chi connectivity index (χ1) is 13.1. The molecular weight excluding hydrogens is 387 g/mol. The number of nitrogens with zero attached hydrogens (tertiary/aromatic N) is 2. The first-order valence-electron chi connectivity index (χ1n) is 8.41. The van der Waals surface area contributed by atoms with Crippen LogP contribution in [-0.4, -0.2) is 15.7 Å². The number of rotatable bonds is 4. The maximum Gasteiger partial charge on any atom is 0.435 e. The molecule has 0 aliphatic heterocycles. The number of alkyl halides is 3. The number of nitrogens with one attached hydrogen (secondary N) is 1. The van der Waals surface area contributed by atoms with Crippen molar-refractivity contribution in [2.75, 3.05) is 5.32 Å². The molecule has 0 unspecified atom stereocenters. The van der Waals surface area contributed by atoms with E-state index in [1.165, 1.54) is 7.05 Å². The van der Waals surface area contributed by atoms with Crippen LogP contribution in [0, 0.1) is 13.8 Å². The zero-order valence-corrected chi connectivity index (χ0v) is 16.3. The molecule has 0 saturated carbocycles. The number of halogens is 3. The van der Waals surface area contributed by atoms with Gasteiger partial charge in [-0.2, -0.15) is 18.3 Å². The zero-order valence-electron chi connectivity index (χ0n) is 15.5. The normalized spacial score (nSPS) is 11.5. The van der Waals surface area contributed by atoms with Crippen LogP contribution >= 0.6 is 11.8 Å². The lowest BCUT2D eigenvalue weighted by atomic mass is 10.2. The molecule has 0 atom stereocenters. The summed E-state index contributed by atoms with van der Waals surface area (Å²) in [4.78, 5) is 14.4. The Balaban J connectivity index is 1.74. The summed E-state index contributed by atoms with van der Waals surface area (Å²) < 4.78 is 40.0. The largest absolute Gasteiger partial charge is 0.435 e. The van der Waals surface area contributed by atoms with Gasteiger partial charge in [0.2, 0.25) is 0 Å². The van der Waals surface area contributed by atoms with Crippen LogP contribution in [0.15, 0.2) is 58.5 Å². The number of aryl methyl sites for hydroxylation is 3. The Morgan fingerprint density at radius 3 is 2.43 bits per heavy atom. The Hall–Kier alpha value is -2.74. The Morgan fingerprint density at radius 1 is 1.11 bits per heavy atom. The van der Waals surface area contributed by atoms with Crippen molar-refractivity contribution in [2.24, 2.45) is 7.05 Å². The molecule has 1 aromatic heterocycles. The summed E-state index contributed by atoms with van der Waals surface area (Å²) in [6, 6.07) is 13.1. The van der Waals surface area contributed by atoms with Gasteiger partial charge in [-0.05, 0) is 55.3 Å². The van der Waals surface area contributed by atoms with E-state index in [9.17, 15) is 18.0 Å². The van der Waals surface area contributed by atoms with Crippen LogP contribution in [0.5, 0.6) is 0 Å². The average molecular weight is 405 g/mol. The van der Waals surface area contributed by atoms with Crippen LogP contribution in [0.2, 0.25) is 0 Å². The molecule has 0 aliphatic rings. The van der Waals surface area contributed by atoms with Gasteiger partial charge in [0.05, 0.1) is 5.56 Å². The molecule has 2 aromatic carbocycles. The minimum Gasteiger partial charge on any atom is -0.322 e. The second-order valence-corrected chi connectivity index (χ2v) is 7.53. The lowest BCUT2D eigenvalue weighted by Crippen LogP contribution is -2.17. The first-order valence-corrected chi connectivity index (χ1v) is 9.22. The Kier molecular flexibility index (Phi) is 5.51. The number of aromatic nitrogens is 2. The van der Waals surface area contributed by atoms with Gasteiger partial charge in [0.15, 0.2) is 5.69 Å². The van der Waals surface area contributed by atoms with Crippen LogP contribution in [0.25, 0.3) is 0 Å². The van der Waals surface area contributed by atoms with Gasteiger partial charge >= 0.3 is 6.18 Å². The fourth-order valence-electron chi connectivity index (χ4n) is 2.61. The summed E-state index contributed by atoms with van der Waals surface area (Å²) >= 11 is 1.59. The summed E-state index contributed by atoms with van der Waals surface area (Å²) in [6.07, 6.45) is -3.64. The van der Waals surface area contributed by atoms with Crippen molar-refractivity contribution in [1.82, 2.24) is 9.78 Å². The topological polar surface area (TPSA) is 46.9 Å². The molecule has 1 amide bonds. The number of hydrogen-bond donors (Lipinski definition) is 1. The number of anilines is 1. The lowest BCUT2D eigenvalue weighted by Gasteiger charge is -2.09. The number of carbonyl (C=O) groups excluding carboxylic acids is 1. The molecule has 0 saturated heterocycles. The zero-order chi connectivity index (χ0) is 20.5. The molecule has 0 bridgehead atoms. The van der Waals surface area contributed by atoms with Gasteiger partial charge in [0.25, 0.3) is 5.91 Å². The number of hydrogen-bond acceptors (Lipinski definition) is 3. The molecule has 0 aliphatic carbocycles. The average Bonchev–Trinajstić information content (AvgIpc) is 3.02. The van der Waals surface area contributed by atoms with Gasteiger partial charge in [0.1, 0.15) is 0 Å². The fraction of sp³-hybridized carbons (Fsp3) is 0.200. The summed E-state index contributed by atoms with van der Waals surface area (Å²) in [5, 5.41) is 5.84. The van der Waals surface area contributed by atoms with E-state index < -0.39 is 23.3 Å². The molecule has 1 heterocycles.